The van der Waals surface area contributed by atoms with Crippen molar-refractivity contribution in [2.45, 2.75) is 20.6 Å². The number of pyridine rings is 1. The summed E-state index contributed by atoms with van der Waals surface area (Å²) in [6.07, 6.45) is 1.74. The molecule has 0 bridgehead atoms. The van der Waals surface area contributed by atoms with E-state index in [2.05, 4.69) is 0 Å². The first-order valence-corrected chi connectivity index (χ1v) is 3.99. The molecule has 0 spiro atoms. The number of ether oxygens (including phenoxy) is 1. The highest BCUT2D eigenvalue weighted by molar-refractivity contribution is 5.07. The van der Waals surface area contributed by atoms with E-state index in [4.69, 9.17) is 4.74 Å². The number of aromatic nitrogens is 1. The Hall–Kier alpha value is -1.09. The Morgan fingerprint density at radius 1 is 1.58 bits per heavy atom. The van der Waals surface area contributed by atoms with Crippen LogP contribution in [0.4, 0.5) is 0 Å². The molecule has 0 unspecified atom stereocenters. The van der Waals surface area contributed by atoms with Crippen LogP contribution in [-0.4, -0.2) is 11.2 Å². The summed E-state index contributed by atoms with van der Waals surface area (Å²) in [6.45, 7) is 4.77. The molecule has 0 fully saturated rings. The van der Waals surface area contributed by atoms with Gasteiger partial charge in [-0.2, -0.15) is 0 Å². The van der Waals surface area contributed by atoms with E-state index in [1.807, 2.05) is 19.9 Å². The van der Waals surface area contributed by atoms with Gasteiger partial charge in [-0.3, -0.25) is 9.36 Å². The molecule has 0 saturated heterocycles. The van der Waals surface area contributed by atoms with Gasteiger partial charge in [0.2, 0.25) is 0 Å². The molecule has 0 N–H and O–H groups in total. The SMILES string of the molecule is CCOCn1ccc(C)cc1=O. The van der Waals surface area contributed by atoms with Gasteiger partial charge in [0.25, 0.3) is 5.56 Å². The number of rotatable bonds is 3. The van der Waals surface area contributed by atoms with Crippen LogP contribution < -0.4 is 5.56 Å². The molecule has 1 aromatic rings. The molecule has 0 saturated carbocycles. The van der Waals surface area contributed by atoms with Gasteiger partial charge in [-0.25, -0.2) is 0 Å². The molecule has 0 amide bonds. The van der Waals surface area contributed by atoms with Crippen LogP contribution in [0.3, 0.4) is 0 Å². The third kappa shape index (κ3) is 2.20. The highest BCUT2D eigenvalue weighted by Crippen LogP contribution is 1.90. The van der Waals surface area contributed by atoms with Gasteiger partial charge in [-0.05, 0) is 25.5 Å². The van der Waals surface area contributed by atoms with E-state index in [1.54, 1.807) is 12.3 Å². The molecular formula is C9H13NO2. The third-order valence-electron chi connectivity index (χ3n) is 1.59. The lowest BCUT2D eigenvalue weighted by Crippen LogP contribution is -2.19. The van der Waals surface area contributed by atoms with Crippen molar-refractivity contribution in [2.24, 2.45) is 0 Å². The van der Waals surface area contributed by atoms with Crippen LogP contribution in [0.25, 0.3) is 0 Å². The summed E-state index contributed by atoms with van der Waals surface area (Å²) < 4.78 is 6.64. The Morgan fingerprint density at radius 3 is 2.92 bits per heavy atom. The predicted molar refractivity (Wildman–Crippen MR) is 47.1 cm³/mol. The van der Waals surface area contributed by atoms with Gasteiger partial charge in [0.1, 0.15) is 6.73 Å². The fourth-order valence-corrected chi connectivity index (χ4v) is 0.903. The predicted octanol–water partition coefficient (Wildman–Crippen LogP) is 1.15. The number of hydrogen-bond donors (Lipinski definition) is 0. The van der Waals surface area contributed by atoms with E-state index in [-0.39, 0.29) is 5.56 Å². The minimum Gasteiger partial charge on any atom is -0.361 e. The van der Waals surface area contributed by atoms with E-state index in [1.165, 1.54) is 4.57 Å². The van der Waals surface area contributed by atoms with Crippen LogP contribution >= 0.6 is 0 Å². The zero-order valence-corrected chi connectivity index (χ0v) is 7.41. The monoisotopic (exact) mass is 167 g/mol. The molecule has 3 heteroatoms. The number of hydrogen-bond acceptors (Lipinski definition) is 2. The lowest BCUT2D eigenvalue weighted by molar-refractivity contribution is 0.0853. The van der Waals surface area contributed by atoms with Crippen molar-refractivity contribution >= 4 is 0 Å². The summed E-state index contributed by atoms with van der Waals surface area (Å²) in [4.78, 5) is 11.2. The van der Waals surface area contributed by atoms with Crippen LogP contribution in [0.5, 0.6) is 0 Å². The van der Waals surface area contributed by atoms with Crippen LogP contribution in [0.15, 0.2) is 23.1 Å². The molecule has 0 aliphatic rings. The van der Waals surface area contributed by atoms with Crippen LogP contribution in [-0.2, 0) is 11.5 Å². The lowest BCUT2D eigenvalue weighted by Gasteiger charge is -2.04. The molecule has 0 radical (unpaired) electrons. The topological polar surface area (TPSA) is 31.2 Å². The second kappa shape index (κ2) is 4.07. The molecule has 0 atom stereocenters. The highest BCUT2D eigenvalue weighted by atomic mass is 16.5. The quantitative estimate of drug-likeness (QED) is 0.676. The van der Waals surface area contributed by atoms with E-state index in [0.717, 1.165) is 5.56 Å². The summed E-state index contributed by atoms with van der Waals surface area (Å²) in [5.41, 5.74) is 0.969. The van der Waals surface area contributed by atoms with Gasteiger partial charge < -0.3 is 4.74 Å². The minimum atomic E-state index is -0.0107. The Balaban J connectivity index is 2.80. The zero-order valence-electron chi connectivity index (χ0n) is 7.41. The molecule has 12 heavy (non-hydrogen) atoms. The van der Waals surface area contributed by atoms with Crippen molar-refractivity contribution in [2.75, 3.05) is 6.61 Å². The normalized spacial score (nSPS) is 10.2. The standard InChI is InChI=1S/C9H13NO2/c1-3-12-7-10-5-4-8(2)6-9(10)11/h4-6H,3,7H2,1-2H3. The van der Waals surface area contributed by atoms with Crippen LogP contribution in [0.2, 0.25) is 0 Å². The highest BCUT2D eigenvalue weighted by Gasteiger charge is 1.93. The summed E-state index contributed by atoms with van der Waals surface area (Å²) in [5.74, 6) is 0. The first-order valence-electron chi connectivity index (χ1n) is 3.99. The second-order valence-corrected chi connectivity index (χ2v) is 2.63. The van der Waals surface area contributed by atoms with Gasteiger partial charge in [0, 0.05) is 18.9 Å². The fraction of sp³-hybridized carbons (Fsp3) is 0.444. The first kappa shape index (κ1) is 9.00. The van der Waals surface area contributed by atoms with E-state index in [0.29, 0.717) is 13.3 Å². The molecule has 1 rings (SSSR count). The Labute approximate surface area is 71.6 Å². The Kier molecular flexibility index (Phi) is 3.05. The average molecular weight is 167 g/mol. The van der Waals surface area contributed by atoms with Gasteiger partial charge in [-0.15, -0.1) is 0 Å². The number of nitrogens with zero attached hydrogens (tertiary/aromatic N) is 1. The lowest BCUT2D eigenvalue weighted by atomic mass is 10.3. The van der Waals surface area contributed by atoms with Crippen LogP contribution in [0.1, 0.15) is 12.5 Å². The molecule has 66 valence electrons. The average Bonchev–Trinajstić information content (AvgIpc) is 2.03. The molecular weight excluding hydrogens is 154 g/mol. The second-order valence-electron chi connectivity index (χ2n) is 2.63. The minimum absolute atomic E-state index is 0.0107. The Morgan fingerprint density at radius 2 is 2.33 bits per heavy atom. The summed E-state index contributed by atoms with van der Waals surface area (Å²) in [7, 11) is 0. The van der Waals surface area contributed by atoms with E-state index >= 15 is 0 Å². The smallest absolute Gasteiger partial charge is 0.252 e. The van der Waals surface area contributed by atoms with Crippen molar-refractivity contribution in [1.82, 2.24) is 4.57 Å². The van der Waals surface area contributed by atoms with Crippen molar-refractivity contribution < 1.29 is 4.74 Å². The third-order valence-corrected chi connectivity index (χ3v) is 1.59. The number of aryl methyl sites for hydroxylation is 1. The summed E-state index contributed by atoms with van der Waals surface area (Å²) >= 11 is 0. The largest absolute Gasteiger partial charge is 0.361 e. The molecule has 0 aliphatic carbocycles. The maximum absolute atomic E-state index is 11.2. The maximum Gasteiger partial charge on any atom is 0.252 e. The van der Waals surface area contributed by atoms with Crippen LogP contribution in [0, 0.1) is 6.92 Å². The van der Waals surface area contributed by atoms with E-state index in [9.17, 15) is 4.79 Å². The van der Waals surface area contributed by atoms with Gasteiger partial charge in [0.05, 0.1) is 0 Å². The molecule has 0 aliphatic heterocycles. The van der Waals surface area contributed by atoms with Crippen molar-refractivity contribution in [3.63, 3.8) is 0 Å². The van der Waals surface area contributed by atoms with Crippen molar-refractivity contribution in [1.29, 1.82) is 0 Å². The van der Waals surface area contributed by atoms with E-state index < -0.39 is 0 Å². The van der Waals surface area contributed by atoms with Crippen molar-refractivity contribution in [3.05, 3.63) is 34.2 Å². The first-order chi connectivity index (χ1) is 5.74. The molecule has 1 aromatic heterocycles. The van der Waals surface area contributed by atoms with Gasteiger partial charge in [-0.1, -0.05) is 0 Å². The molecule has 0 aromatic carbocycles. The van der Waals surface area contributed by atoms with Gasteiger partial charge >= 0.3 is 0 Å². The molecule has 1 heterocycles. The molecule has 3 nitrogen and oxygen atoms in total. The summed E-state index contributed by atoms with van der Waals surface area (Å²) in [6, 6.07) is 3.49. The van der Waals surface area contributed by atoms with Crippen molar-refractivity contribution in [3.8, 4) is 0 Å². The Bertz CT molecular complexity index is 304. The maximum atomic E-state index is 11.2. The van der Waals surface area contributed by atoms with Gasteiger partial charge in [0.15, 0.2) is 0 Å². The fourth-order valence-electron chi connectivity index (χ4n) is 0.903. The summed E-state index contributed by atoms with van der Waals surface area (Å²) in [5, 5.41) is 0. The zero-order chi connectivity index (χ0) is 8.97.